The summed E-state index contributed by atoms with van der Waals surface area (Å²) in [7, 11) is 1.98. The molecule has 0 amide bonds. The number of aromatic nitrogens is 2. The molecule has 92 valence electrons. The van der Waals surface area contributed by atoms with Gasteiger partial charge in [0.2, 0.25) is 0 Å². The SMILES string of the molecule is CCCCCC(Cc1cnn(C)c1)NCC. The highest BCUT2D eigenvalue weighted by Crippen LogP contribution is 2.09. The Labute approximate surface area is 99.2 Å². The zero-order valence-corrected chi connectivity index (χ0v) is 10.9. The van der Waals surface area contributed by atoms with Crippen LogP contribution >= 0.6 is 0 Å². The summed E-state index contributed by atoms with van der Waals surface area (Å²) in [4.78, 5) is 0. The quantitative estimate of drug-likeness (QED) is 0.686. The maximum absolute atomic E-state index is 4.22. The van der Waals surface area contributed by atoms with Crippen molar-refractivity contribution in [3.8, 4) is 0 Å². The number of aryl methyl sites for hydroxylation is 1. The van der Waals surface area contributed by atoms with Gasteiger partial charge in [0.05, 0.1) is 6.20 Å². The molecular formula is C13H25N3. The van der Waals surface area contributed by atoms with Crippen LogP contribution in [-0.4, -0.2) is 22.4 Å². The first-order chi connectivity index (χ1) is 7.76. The van der Waals surface area contributed by atoms with E-state index in [0.29, 0.717) is 6.04 Å². The summed E-state index contributed by atoms with van der Waals surface area (Å²) < 4.78 is 1.88. The van der Waals surface area contributed by atoms with Gasteiger partial charge in [-0.3, -0.25) is 4.68 Å². The number of hydrogen-bond donors (Lipinski definition) is 1. The molecular weight excluding hydrogens is 198 g/mol. The van der Waals surface area contributed by atoms with Crippen molar-refractivity contribution in [1.29, 1.82) is 0 Å². The van der Waals surface area contributed by atoms with Crippen molar-refractivity contribution >= 4 is 0 Å². The van der Waals surface area contributed by atoms with Gasteiger partial charge in [-0.05, 0) is 24.9 Å². The second kappa shape index (κ2) is 7.44. The molecule has 1 N–H and O–H groups in total. The molecule has 0 aromatic carbocycles. The van der Waals surface area contributed by atoms with Crippen LogP contribution in [0, 0.1) is 0 Å². The Hall–Kier alpha value is -0.830. The van der Waals surface area contributed by atoms with E-state index in [0.717, 1.165) is 13.0 Å². The van der Waals surface area contributed by atoms with Gasteiger partial charge >= 0.3 is 0 Å². The van der Waals surface area contributed by atoms with Gasteiger partial charge in [-0.15, -0.1) is 0 Å². The van der Waals surface area contributed by atoms with E-state index in [1.165, 1.54) is 31.2 Å². The van der Waals surface area contributed by atoms with Crippen LogP contribution in [0.5, 0.6) is 0 Å². The minimum atomic E-state index is 0.612. The molecule has 1 heterocycles. The molecule has 0 bridgehead atoms. The maximum Gasteiger partial charge on any atom is 0.0522 e. The van der Waals surface area contributed by atoms with Crippen LogP contribution in [-0.2, 0) is 13.5 Å². The van der Waals surface area contributed by atoms with Gasteiger partial charge in [0.25, 0.3) is 0 Å². The maximum atomic E-state index is 4.22. The summed E-state index contributed by atoms with van der Waals surface area (Å²) in [6, 6.07) is 0.612. The fraction of sp³-hybridized carbons (Fsp3) is 0.769. The minimum Gasteiger partial charge on any atom is -0.314 e. The molecule has 0 aliphatic heterocycles. The summed E-state index contributed by atoms with van der Waals surface area (Å²) in [6.07, 6.45) is 10.4. The van der Waals surface area contributed by atoms with Crippen molar-refractivity contribution < 1.29 is 0 Å². The van der Waals surface area contributed by atoms with E-state index in [2.05, 4.69) is 30.5 Å². The zero-order valence-electron chi connectivity index (χ0n) is 10.9. The van der Waals surface area contributed by atoms with E-state index in [1.807, 2.05) is 17.9 Å². The highest BCUT2D eigenvalue weighted by Gasteiger charge is 2.08. The molecule has 1 unspecified atom stereocenters. The lowest BCUT2D eigenvalue weighted by Gasteiger charge is -2.16. The summed E-state index contributed by atoms with van der Waals surface area (Å²) >= 11 is 0. The molecule has 0 aliphatic rings. The third-order valence-corrected chi connectivity index (χ3v) is 2.89. The van der Waals surface area contributed by atoms with Gasteiger partial charge in [0, 0.05) is 19.3 Å². The van der Waals surface area contributed by atoms with E-state index in [4.69, 9.17) is 0 Å². The Morgan fingerprint density at radius 2 is 2.19 bits per heavy atom. The van der Waals surface area contributed by atoms with Crippen LogP contribution in [0.25, 0.3) is 0 Å². The monoisotopic (exact) mass is 223 g/mol. The molecule has 1 rings (SSSR count). The number of likely N-dealkylation sites (N-methyl/N-ethyl adjacent to an activating group) is 1. The number of nitrogens with one attached hydrogen (secondary N) is 1. The van der Waals surface area contributed by atoms with Gasteiger partial charge in [0.15, 0.2) is 0 Å². The Bertz CT molecular complexity index is 280. The molecule has 0 aliphatic carbocycles. The minimum absolute atomic E-state index is 0.612. The van der Waals surface area contributed by atoms with Crippen molar-refractivity contribution in [3.05, 3.63) is 18.0 Å². The first-order valence-corrected chi connectivity index (χ1v) is 6.47. The summed E-state index contributed by atoms with van der Waals surface area (Å²) in [6.45, 7) is 5.48. The smallest absolute Gasteiger partial charge is 0.0522 e. The average molecular weight is 223 g/mol. The number of rotatable bonds is 8. The predicted octanol–water partition coefficient (Wildman–Crippen LogP) is 2.52. The van der Waals surface area contributed by atoms with Gasteiger partial charge in [-0.25, -0.2) is 0 Å². The van der Waals surface area contributed by atoms with E-state index in [-0.39, 0.29) is 0 Å². The van der Waals surface area contributed by atoms with E-state index in [9.17, 15) is 0 Å². The van der Waals surface area contributed by atoms with Crippen molar-refractivity contribution in [1.82, 2.24) is 15.1 Å². The third-order valence-electron chi connectivity index (χ3n) is 2.89. The molecule has 0 radical (unpaired) electrons. The largest absolute Gasteiger partial charge is 0.314 e. The lowest BCUT2D eigenvalue weighted by atomic mass is 10.0. The van der Waals surface area contributed by atoms with Crippen LogP contribution in [0.15, 0.2) is 12.4 Å². The topological polar surface area (TPSA) is 29.9 Å². The van der Waals surface area contributed by atoms with Crippen molar-refractivity contribution in [2.24, 2.45) is 7.05 Å². The molecule has 0 saturated heterocycles. The first-order valence-electron chi connectivity index (χ1n) is 6.47. The summed E-state index contributed by atoms with van der Waals surface area (Å²) in [5, 5.41) is 7.78. The van der Waals surface area contributed by atoms with Gasteiger partial charge in [-0.2, -0.15) is 5.10 Å². The van der Waals surface area contributed by atoms with Gasteiger partial charge in [0.1, 0.15) is 0 Å². The highest BCUT2D eigenvalue weighted by atomic mass is 15.2. The van der Waals surface area contributed by atoms with E-state index in [1.54, 1.807) is 0 Å². The van der Waals surface area contributed by atoms with Crippen LogP contribution in [0.1, 0.15) is 45.1 Å². The molecule has 3 heteroatoms. The molecule has 1 aromatic rings. The molecule has 0 saturated carbocycles. The predicted molar refractivity (Wildman–Crippen MR) is 68.5 cm³/mol. The zero-order chi connectivity index (χ0) is 11.8. The van der Waals surface area contributed by atoms with Crippen LogP contribution in [0.3, 0.4) is 0 Å². The Morgan fingerprint density at radius 1 is 1.38 bits per heavy atom. The lowest BCUT2D eigenvalue weighted by molar-refractivity contribution is 0.467. The van der Waals surface area contributed by atoms with Crippen molar-refractivity contribution in [2.45, 2.75) is 52.0 Å². The summed E-state index contributed by atoms with van der Waals surface area (Å²) in [5.41, 5.74) is 1.34. The van der Waals surface area contributed by atoms with Gasteiger partial charge in [-0.1, -0.05) is 33.1 Å². The molecule has 1 aromatic heterocycles. The molecule has 3 nitrogen and oxygen atoms in total. The van der Waals surface area contributed by atoms with E-state index >= 15 is 0 Å². The average Bonchev–Trinajstić information content (AvgIpc) is 2.65. The summed E-state index contributed by atoms with van der Waals surface area (Å²) in [5.74, 6) is 0. The standard InChI is InChI=1S/C13H25N3/c1-4-6-7-8-13(14-5-2)9-12-10-15-16(3)11-12/h10-11,13-14H,4-9H2,1-3H3. The van der Waals surface area contributed by atoms with Crippen molar-refractivity contribution in [3.63, 3.8) is 0 Å². The molecule has 16 heavy (non-hydrogen) atoms. The Morgan fingerprint density at radius 3 is 2.75 bits per heavy atom. The lowest BCUT2D eigenvalue weighted by Crippen LogP contribution is -2.30. The number of unbranched alkanes of at least 4 members (excludes halogenated alkanes) is 2. The van der Waals surface area contributed by atoms with Crippen LogP contribution < -0.4 is 5.32 Å². The normalized spacial score (nSPS) is 12.9. The fourth-order valence-corrected chi connectivity index (χ4v) is 2.07. The first kappa shape index (κ1) is 13.2. The molecule has 0 spiro atoms. The second-order valence-electron chi connectivity index (χ2n) is 4.48. The van der Waals surface area contributed by atoms with Gasteiger partial charge < -0.3 is 5.32 Å². The van der Waals surface area contributed by atoms with Crippen LogP contribution in [0.2, 0.25) is 0 Å². The van der Waals surface area contributed by atoms with Crippen molar-refractivity contribution in [2.75, 3.05) is 6.54 Å². The van der Waals surface area contributed by atoms with E-state index < -0.39 is 0 Å². The van der Waals surface area contributed by atoms with Crippen LogP contribution in [0.4, 0.5) is 0 Å². The number of hydrogen-bond acceptors (Lipinski definition) is 2. The number of nitrogens with zero attached hydrogens (tertiary/aromatic N) is 2. The highest BCUT2D eigenvalue weighted by molar-refractivity contribution is 5.05. The molecule has 0 fully saturated rings. The molecule has 1 atom stereocenters. The Kier molecular flexibility index (Phi) is 6.16. The third kappa shape index (κ3) is 4.79. The Balaban J connectivity index is 2.37. The second-order valence-corrected chi connectivity index (χ2v) is 4.48. The fourth-order valence-electron chi connectivity index (χ4n) is 2.07.